The highest BCUT2D eigenvalue weighted by Gasteiger charge is 2.26. The fraction of sp³-hybridized carbons (Fsp3) is 0.261. The maximum atomic E-state index is 12.7. The first-order valence-electron chi connectivity index (χ1n) is 9.69. The molecule has 1 unspecified atom stereocenters. The minimum Gasteiger partial charge on any atom is -0.461 e. The lowest BCUT2D eigenvalue weighted by atomic mass is 10.1. The van der Waals surface area contributed by atoms with Crippen molar-refractivity contribution in [2.75, 3.05) is 11.9 Å². The Bertz CT molecular complexity index is 1110. The Labute approximate surface area is 174 Å². The molecule has 0 aliphatic carbocycles. The quantitative estimate of drug-likeness (QED) is 0.597. The van der Waals surface area contributed by atoms with Gasteiger partial charge in [0.15, 0.2) is 6.10 Å². The molecule has 1 aromatic heterocycles. The average Bonchev–Trinajstić information content (AvgIpc) is 3.02. The lowest BCUT2D eigenvalue weighted by molar-refractivity contribution is -0.123. The van der Waals surface area contributed by atoms with Crippen LogP contribution in [0.15, 0.2) is 42.5 Å². The minimum atomic E-state index is -1.03. The van der Waals surface area contributed by atoms with Crippen LogP contribution < -0.4 is 5.32 Å². The first kappa shape index (κ1) is 21.1. The molecule has 2 aromatic carbocycles. The Morgan fingerprint density at radius 3 is 2.47 bits per heavy atom. The van der Waals surface area contributed by atoms with Gasteiger partial charge in [0, 0.05) is 16.8 Å². The Morgan fingerprint density at radius 1 is 1.03 bits per heavy atom. The number of esters is 2. The molecule has 0 saturated carbocycles. The molecule has 0 fully saturated rings. The second-order valence-electron chi connectivity index (χ2n) is 6.91. The van der Waals surface area contributed by atoms with E-state index in [-0.39, 0.29) is 17.9 Å². The second-order valence-corrected chi connectivity index (χ2v) is 6.91. The van der Waals surface area contributed by atoms with Gasteiger partial charge in [0.1, 0.15) is 5.69 Å². The van der Waals surface area contributed by atoms with Gasteiger partial charge in [-0.25, -0.2) is 9.59 Å². The SMILES string of the molecule is CCOC(=O)c1[nH]c(C)c(C(=O)OC(C)C(=O)Nc2cccc3ccccc23)c1C. The molecule has 30 heavy (non-hydrogen) atoms. The number of carbonyl (C=O) groups excluding carboxylic acids is 3. The zero-order chi connectivity index (χ0) is 21.8. The number of anilines is 1. The lowest BCUT2D eigenvalue weighted by Crippen LogP contribution is -2.30. The van der Waals surface area contributed by atoms with E-state index in [0.29, 0.717) is 16.9 Å². The zero-order valence-electron chi connectivity index (χ0n) is 17.4. The molecule has 1 atom stereocenters. The highest BCUT2D eigenvalue weighted by molar-refractivity contribution is 6.05. The van der Waals surface area contributed by atoms with Crippen molar-refractivity contribution in [3.63, 3.8) is 0 Å². The summed E-state index contributed by atoms with van der Waals surface area (Å²) in [5, 5.41) is 4.70. The van der Waals surface area contributed by atoms with Gasteiger partial charge in [-0.15, -0.1) is 0 Å². The number of aromatic amines is 1. The Kier molecular flexibility index (Phi) is 6.20. The molecule has 1 heterocycles. The molecule has 0 aliphatic rings. The topological polar surface area (TPSA) is 97.5 Å². The molecular weight excluding hydrogens is 384 g/mol. The van der Waals surface area contributed by atoms with Gasteiger partial charge in [-0.1, -0.05) is 36.4 Å². The van der Waals surface area contributed by atoms with Gasteiger partial charge in [-0.2, -0.15) is 0 Å². The van der Waals surface area contributed by atoms with Crippen molar-refractivity contribution in [2.45, 2.75) is 33.8 Å². The second kappa shape index (κ2) is 8.82. The third-order valence-electron chi connectivity index (χ3n) is 4.82. The number of amides is 1. The van der Waals surface area contributed by atoms with Crippen LogP contribution in [0.1, 0.15) is 46.0 Å². The molecule has 3 aromatic rings. The first-order chi connectivity index (χ1) is 14.3. The van der Waals surface area contributed by atoms with Crippen LogP contribution in [0.5, 0.6) is 0 Å². The van der Waals surface area contributed by atoms with Gasteiger partial charge in [0.2, 0.25) is 0 Å². The van der Waals surface area contributed by atoms with Gasteiger partial charge in [-0.05, 0) is 44.7 Å². The fourth-order valence-electron chi connectivity index (χ4n) is 3.31. The summed E-state index contributed by atoms with van der Waals surface area (Å²) < 4.78 is 10.4. The summed E-state index contributed by atoms with van der Waals surface area (Å²) >= 11 is 0. The third kappa shape index (κ3) is 4.20. The summed E-state index contributed by atoms with van der Waals surface area (Å²) in [6.45, 7) is 6.72. The smallest absolute Gasteiger partial charge is 0.355 e. The summed E-state index contributed by atoms with van der Waals surface area (Å²) in [5.74, 6) is -1.67. The number of H-pyrrole nitrogens is 1. The van der Waals surface area contributed by atoms with Crippen LogP contribution >= 0.6 is 0 Å². The molecule has 0 bridgehead atoms. The first-order valence-corrected chi connectivity index (χ1v) is 9.69. The van der Waals surface area contributed by atoms with E-state index in [2.05, 4.69) is 10.3 Å². The number of nitrogens with one attached hydrogen (secondary N) is 2. The van der Waals surface area contributed by atoms with E-state index in [4.69, 9.17) is 9.47 Å². The number of hydrogen-bond acceptors (Lipinski definition) is 5. The molecule has 0 saturated heterocycles. The van der Waals surface area contributed by atoms with Crippen molar-refractivity contribution in [3.05, 3.63) is 65.0 Å². The van der Waals surface area contributed by atoms with E-state index in [1.54, 1.807) is 26.8 Å². The average molecular weight is 408 g/mol. The van der Waals surface area contributed by atoms with Crippen LogP contribution in [0.2, 0.25) is 0 Å². The van der Waals surface area contributed by atoms with E-state index < -0.39 is 23.9 Å². The van der Waals surface area contributed by atoms with E-state index in [0.717, 1.165) is 10.8 Å². The Balaban J connectivity index is 1.74. The number of carbonyl (C=O) groups is 3. The van der Waals surface area contributed by atoms with Gasteiger partial charge in [0.25, 0.3) is 5.91 Å². The Morgan fingerprint density at radius 2 is 1.73 bits per heavy atom. The van der Waals surface area contributed by atoms with Crippen LogP contribution in [0.3, 0.4) is 0 Å². The normalized spacial score (nSPS) is 11.7. The highest BCUT2D eigenvalue weighted by Crippen LogP contribution is 2.24. The van der Waals surface area contributed by atoms with Crippen LogP contribution in [-0.4, -0.2) is 35.5 Å². The van der Waals surface area contributed by atoms with Gasteiger partial charge < -0.3 is 19.8 Å². The summed E-state index contributed by atoms with van der Waals surface area (Å²) in [7, 11) is 0. The molecule has 0 spiro atoms. The van der Waals surface area contributed by atoms with Crippen molar-refractivity contribution in [1.82, 2.24) is 4.98 Å². The van der Waals surface area contributed by atoms with Gasteiger partial charge in [-0.3, -0.25) is 4.79 Å². The molecule has 7 nitrogen and oxygen atoms in total. The van der Waals surface area contributed by atoms with Gasteiger partial charge in [0.05, 0.1) is 12.2 Å². The number of fused-ring (bicyclic) bond motifs is 1. The molecule has 0 radical (unpaired) electrons. The van der Waals surface area contributed by atoms with Crippen molar-refractivity contribution >= 4 is 34.3 Å². The molecule has 7 heteroatoms. The molecule has 3 rings (SSSR count). The zero-order valence-corrected chi connectivity index (χ0v) is 17.4. The van der Waals surface area contributed by atoms with Gasteiger partial charge >= 0.3 is 11.9 Å². The van der Waals surface area contributed by atoms with Crippen molar-refractivity contribution in [3.8, 4) is 0 Å². The lowest BCUT2D eigenvalue weighted by Gasteiger charge is -2.15. The van der Waals surface area contributed by atoms with Crippen LogP contribution in [0.25, 0.3) is 10.8 Å². The molecule has 0 aliphatic heterocycles. The number of hydrogen-bond donors (Lipinski definition) is 2. The summed E-state index contributed by atoms with van der Waals surface area (Å²) in [6.07, 6.45) is -1.03. The highest BCUT2D eigenvalue weighted by atomic mass is 16.5. The van der Waals surface area contributed by atoms with Crippen molar-refractivity contribution < 1.29 is 23.9 Å². The Hall–Kier alpha value is -3.61. The molecule has 156 valence electrons. The van der Waals surface area contributed by atoms with E-state index in [1.807, 2.05) is 36.4 Å². The molecular formula is C23H24N2O5. The largest absolute Gasteiger partial charge is 0.461 e. The monoisotopic (exact) mass is 408 g/mol. The summed E-state index contributed by atoms with van der Waals surface area (Å²) in [6, 6.07) is 13.3. The number of benzene rings is 2. The molecule has 1 amide bonds. The fourth-order valence-corrected chi connectivity index (χ4v) is 3.31. The number of rotatable bonds is 6. The van der Waals surface area contributed by atoms with E-state index >= 15 is 0 Å². The minimum absolute atomic E-state index is 0.203. The van der Waals surface area contributed by atoms with Crippen LogP contribution in [0, 0.1) is 13.8 Å². The number of aromatic nitrogens is 1. The predicted molar refractivity (Wildman–Crippen MR) is 114 cm³/mol. The summed E-state index contributed by atoms with van der Waals surface area (Å²) in [5.41, 5.74) is 1.97. The predicted octanol–water partition coefficient (Wildman–Crippen LogP) is 4.15. The maximum absolute atomic E-state index is 12.7. The van der Waals surface area contributed by atoms with Crippen molar-refractivity contribution in [1.29, 1.82) is 0 Å². The third-order valence-corrected chi connectivity index (χ3v) is 4.82. The maximum Gasteiger partial charge on any atom is 0.355 e. The standard InChI is InChI=1S/C23H24N2O5/c1-5-29-23(28)20-13(2)19(14(3)24-20)22(27)30-15(4)21(26)25-18-12-8-10-16-9-6-7-11-17(16)18/h6-12,15,24H,5H2,1-4H3,(H,25,26). The van der Waals surface area contributed by atoms with Crippen molar-refractivity contribution in [2.24, 2.45) is 0 Å². The molecule has 2 N–H and O–H groups in total. The summed E-state index contributed by atoms with van der Waals surface area (Å²) in [4.78, 5) is 40.2. The van der Waals surface area contributed by atoms with Crippen LogP contribution in [0.4, 0.5) is 5.69 Å². The van der Waals surface area contributed by atoms with E-state index in [9.17, 15) is 14.4 Å². The number of ether oxygens (including phenoxy) is 2. The van der Waals surface area contributed by atoms with E-state index in [1.165, 1.54) is 6.92 Å². The van der Waals surface area contributed by atoms with Crippen LogP contribution in [-0.2, 0) is 14.3 Å². The number of aryl methyl sites for hydroxylation is 1.